The monoisotopic (exact) mass is 240 g/mol. The Balaban J connectivity index is 2.19. The molecule has 1 heterocycles. The molecule has 1 aromatic rings. The van der Waals surface area contributed by atoms with Gasteiger partial charge in [0.05, 0.1) is 12.7 Å². The molecule has 0 saturated carbocycles. The number of halogens is 1. The van der Waals surface area contributed by atoms with Crippen molar-refractivity contribution in [3.8, 4) is 0 Å². The molecule has 2 rings (SSSR count). The smallest absolute Gasteiger partial charge is 0.0872 e. The van der Waals surface area contributed by atoms with Crippen LogP contribution in [0.15, 0.2) is 18.2 Å². The molecule has 0 aliphatic carbocycles. The van der Waals surface area contributed by atoms with Crippen molar-refractivity contribution >= 4 is 17.3 Å². The average Bonchev–Trinajstić information content (AvgIpc) is 2.32. The lowest BCUT2D eigenvalue weighted by atomic mass is 10.1. The van der Waals surface area contributed by atoms with Gasteiger partial charge in [0.1, 0.15) is 0 Å². The zero-order chi connectivity index (χ0) is 11.5. The van der Waals surface area contributed by atoms with E-state index in [0.29, 0.717) is 6.54 Å². The number of ether oxygens (including phenoxy) is 1. The Morgan fingerprint density at radius 1 is 1.56 bits per heavy atom. The van der Waals surface area contributed by atoms with Crippen molar-refractivity contribution in [2.45, 2.75) is 13.0 Å². The number of nitrogens with two attached hydrogens (primary N) is 1. The van der Waals surface area contributed by atoms with Gasteiger partial charge in [-0.05, 0) is 24.6 Å². The van der Waals surface area contributed by atoms with Crippen LogP contribution in [0, 0.1) is 6.92 Å². The molecular formula is C12H17ClN2O. The minimum atomic E-state index is 0.132. The van der Waals surface area contributed by atoms with Crippen LogP contribution in [0.1, 0.15) is 5.56 Å². The van der Waals surface area contributed by atoms with Crippen LogP contribution in [0.25, 0.3) is 0 Å². The van der Waals surface area contributed by atoms with Gasteiger partial charge in [0.25, 0.3) is 0 Å². The van der Waals surface area contributed by atoms with Crippen LogP contribution in [0.3, 0.4) is 0 Å². The summed E-state index contributed by atoms with van der Waals surface area (Å²) in [5.74, 6) is 0. The maximum Gasteiger partial charge on any atom is 0.0872 e. The predicted molar refractivity (Wildman–Crippen MR) is 67.2 cm³/mol. The van der Waals surface area contributed by atoms with Gasteiger partial charge in [0.15, 0.2) is 0 Å². The topological polar surface area (TPSA) is 38.5 Å². The average molecular weight is 241 g/mol. The molecule has 1 saturated heterocycles. The van der Waals surface area contributed by atoms with Crippen molar-refractivity contribution in [2.75, 3.05) is 31.1 Å². The van der Waals surface area contributed by atoms with Gasteiger partial charge in [0.2, 0.25) is 0 Å². The predicted octanol–water partition coefficient (Wildman–Crippen LogP) is 1.81. The first kappa shape index (κ1) is 11.7. The first-order chi connectivity index (χ1) is 7.70. The van der Waals surface area contributed by atoms with Crippen molar-refractivity contribution in [3.63, 3.8) is 0 Å². The van der Waals surface area contributed by atoms with Crippen LogP contribution in [0.5, 0.6) is 0 Å². The fourth-order valence-corrected chi connectivity index (χ4v) is 2.17. The third-order valence-electron chi connectivity index (χ3n) is 2.91. The van der Waals surface area contributed by atoms with E-state index < -0.39 is 0 Å². The van der Waals surface area contributed by atoms with E-state index in [1.807, 2.05) is 18.2 Å². The summed E-state index contributed by atoms with van der Waals surface area (Å²) in [6.45, 7) is 5.14. The van der Waals surface area contributed by atoms with E-state index in [-0.39, 0.29) is 6.10 Å². The number of nitrogens with zero attached hydrogens (tertiary/aromatic N) is 1. The Bertz CT molecular complexity index is 370. The van der Waals surface area contributed by atoms with Crippen LogP contribution >= 0.6 is 11.6 Å². The second-order valence-electron chi connectivity index (χ2n) is 4.11. The summed E-state index contributed by atoms with van der Waals surface area (Å²) < 4.78 is 5.55. The molecule has 1 unspecified atom stereocenters. The number of morpholine rings is 1. The normalized spacial score (nSPS) is 21.2. The molecule has 0 radical (unpaired) electrons. The van der Waals surface area contributed by atoms with Gasteiger partial charge in [-0.3, -0.25) is 0 Å². The summed E-state index contributed by atoms with van der Waals surface area (Å²) in [7, 11) is 0. The number of hydrogen-bond acceptors (Lipinski definition) is 3. The van der Waals surface area contributed by atoms with Crippen LogP contribution in [-0.4, -0.2) is 32.3 Å². The molecular weight excluding hydrogens is 224 g/mol. The molecule has 88 valence electrons. The Morgan fingerprint density at radius 2 is 2.38 bits per heavy atom. The van der Waals surface area contributed by atoms with Gasteiger partial charge >= 0.3 is 0 Å². The largest absolute Gasteiger partial charge is 0.373 e. The Hall–Kier alpha value is -0.770. The lowest BCUT2D eigenvalue weighted by molar-refractivity contribution is 0.0465. The lowest BCUT2D eigenvalue weighted by Gasteiger charge is -2.35. The summed E-state index contributed by atoms with van der Waals surface area (Å²) in [6.07, 6.45) is 0.132. The molecule has 1 aromatic carbocycles. The van der Waals surface area contributed by atoms with Crippen molar-refractivity contribution in [1.82, 2.24) is 0 Å². The van der Waals surface area contributed by atoms with E-state index in [0.717, 1.165) is 24.7 Å². The standard InChI is InChI=1S/C12H17ClN2O/c1-9-2-3-10(13)6-12(9)15-4-5-16-11(7-14)8-15/h2-3,6,11H,4-5,7-8,14H2,1H3. The van der Waals surface area contributed by atoms with Gasteiger partial charge < -0.3 is 15.4 Å². The molecule has 0 bridgehead atoms. The molecule has 2 N–H and O–H groups in total. The minimum absolute atomic E-state index is 0.132. The van der Waals surface area contributed by atoms with Gasteiger partial charge in [-0.2, -0.15) is 0 Å². The number of rotatable bonds is 2. The highest BCUT2D eigenvalue weighted by molar-refractivity contribution is 6.30. The van der Waals surface area contributed by atoms with Gasteiger partial charge in [-0.25, -0.2) is 0 Å². The molecule has 4 heteroatoms. The van der Waals surface area contributed by atoms with Crippen molar-refractivity contribution in [3.05, 3.63) is 28.8 Å². The van der Waals surface area contributed by atoms with Crippen molar-refractivity contribution in [2.24, 2.45) is 5.73 Å². The minimum Gasteiger partial charge on any atom is -0.373 e. The summed E-state index contributed by atoms with van der Waals surface area (Å²) in [5.41, 5.74) is 8.06. The van der Waals surface area contributed by atoms with E-state index in [1.54, 1.807) is 0 Å². The molecule has 1 atom stereocenters. The SMILES string of the molecule is Cc1ccc(Cl)cc1N1CCOC(CN)C1. The number of benzene rings is 1. The van der Waals surface area contributed by atoms with Crippen LogP contribution < -0.4 is 10.6 Å². The second-order valence-corrected chi connectivity index (χ2v) is 4.54. The van der Waals surface area contributed by atoms with Gasteiger partial charge in [-0.1, -0.05) is 17.7 Å². The van der Waals surface area contributed by atoms with Gasteiger partial charge in [0, 0.05) is 30.3 Å². The summed E-state index contributed by atoms with van der Waals surface area (Å²) in [6, 6.07) is 5.97. The maximum atomic E-state index is 6.02. The lowest BCUT2D eigenvalue weighted by Crippen LogP contribution is -2.45. The number of aryl methyl sites for hydroxylation is 1. The van der Waals surface area contributed by atoms with Gasteiger partial charge in [-0.15, -0.1) is 0 Å². The zero-order valence-electron chi connectivity index (χ0n) is 9.45. The fraction of sp³-hybridized carbons (Fsp3) is 0.500. The molecule has 16 heavy (non-hydrogen) atoms. The maximum absolute atomic E-state index is 6.02. The molecule has 0 aromatic heterocycles. The van der Waals surface area contributed by atoms with Crippen molar-refractivity contribution < 1.29 is 4.74 Å². The Labute approximate surface area is 101 Å². The highest BCUT2D eigenvalue weighted by Gasteiger charge is 2.20. The number of hydrogen-bond donors (Lipinski definition) is 1. The first-order valence-corrected chi connectivity index (χ1v) is 5.91. The second kappa shape index (κ2) is 5.04. The third kappa shape index (κ3) is 2.48. The van der Waals surface area contributed by atoms with Crippen LogP contribution in [0.4, 0.5) is 5.69 Å². The highest BCUT2D eigenvalue weighted by atomic mass is 35.5. The van der Waals surface area contributed by atoms with E-state index in [4.69, 9.17) is 22.1 Å². The molecule has 1 aliphatic rings. The molecule has 1 aliphatic heterocycles. The summed E-state index contributed by atoms with van der Waals surface area (Å²) in [5, 5.41) is 0.774. The quantitative estimate of drug-likeness (QED) is 0.857. The molecule has 3 nitrogen and oxygen atoms in total. The van der Waals surface area contributed by atoms with E-state index in [2.05, 4.69) is 11.8 Å². The van der Waals surface area contributed by atoms with Crippen LogP contribution in [-0.2, 0) is 4.74 Å². The van der Waals surface area contributed by atoms with E-state index >= 15 is 0 Å². The van der Waals surface area contributed by atoms with Crippen LogP contribution in [0.2, 0.25) is 5.02 Å². The summed E-state index contributed by atoms with van der Waals surface area (Å²) in [4.78, 5) is 2.29. The molecule has 1 fully saturated rings. The van der Waals surface area contributed by atoms with E-state index in [1.165, 1.54) is 11.3 Å². The van der Waals surface area contributed by atoms with E-state index in [9.17, 15) is 0 Å². The van der Waals surface area contributed by atoms with Crippen molar-refractivity contribution in [1.29, 1.82) is 0 Å². The number of anilines is 1. The third-order valence-corrected chi connectivity index (χ3v) is 3.15. The molecule has 0 amide bonds. The zero-order valence-corrected chi connectivity index (χ0v) is 10.2. The summed E-state index contributed by atoms with van der Waals surface area (Å²) >= 11 is 6.02. The Kier molecular flexibility index (Phi) is 3.69. The fourth-order valence-electron chi connectivity index (χ4n) is 2.00. The first-order valence-electron chi connectivity index (χ1n) is 5.53. The highest BCUT2D eigenvalue weighted by Crippen LogP contribution is 2.25. The Morgan fingerprint density at radius 3 is 3.12 bits per heavy atom. The molecule has 0 spiro atoms.